The molecule has 2 N–H and O–H groups in total. The molecule has 5 nitrogen and oxygen atoms in total. The number of phenols is 1. The van der Waals surface area contributed by atoms with Crippen molar-refractivity contribution >= 4 is 32.7 Å². The van der Waals surface area contributed by atoms with Crippen molar-refractivity contribution in [2.24, 2.45) is 17.8 Å². The summed E-state index contributed by atoms with van der Waals surface area (Å²) in [5.74, 6) is 1.76. The van der Waals surface area contributed by atoms with Crippen LogP contribution in [0.15, 0.2) is 36.4 Å². The number of fused-ring (bicyclic) bond motifs is 5. The van der Waals surface area contributed by atoms with Crippen LogP contribution in [0.5, 0.6) is 5.75 Å². The van der Waals surface area contributed by atoms with Crippen molar-refractivity contribution in [1.29, 1.82) is 0 Å². The molecule has 2 amide bonds. The van der Waals surface area contributed by atoms with E-state index in [0.29, 0.717) is 22.5 Å². The second-order valence-electron chi connectivity index (χ2n) is 11.1. The zero-order valence-corrected chi connectivity index (χ0v) is 21.1. The molecule has 0 aliphatic heterocycles. The maximum Gasteiger partial charge on any atom is 0.323 e. The third-order valence-corrected chi connectivity index (χ3v) is 9.69. The lowest BCUT2D eigenvalue weighted by Crippen LogP contribution is -2.58. The molecular formula is C28H32FN3O2S. The monoisotopic (exact) mass is 493 g/mol. The maximum atomic E-state index is 13.6. The summed E-state index contributed by atoms with van der Waals surface area (Å²) in [4.78, 5) is 20.0. The highest BCUT2D eigenvalue weighted by Gasteiger charge is 2.52. The van der Waals surface area contributed by atoms with Gasteiger partial charge in [0.1, 0.15) is 11.6 Å². The van der Waals surface area contributed by atoms with Crippen molar-refractivity contribution in [1.82, 2.24) is 9.88 Å². The normalized spacial score (nSPS) is 27.8. The summed E-state index contributed by atoms with van der Waals surface area (Å²) in [5.41, 5.74) is 2.82. The van der Waals surface area contributed by atoms with Crippen LogP contribution < -0.4 is 5.32 Å². The zero-order valence-electron chi connectivity index (χ0n) is 20.3. The van der Waals surface area contributed by atoms with E-state index >= 15 is 0 Å². The number of urea groups is 1. The molecule has 0 saturated heterocycles. The van der Waals surface area contributed by atoms with Crippen molar-refractivity contribution in [3.63, 3.8) is 0 Å². The minimum atomic E-state index is -0.333. The summed E-state index contributed by atoms with van der Waals surface area (Å²) in [6, 6.07) is 10.2. The highest BCUT2D eigenvalue weighted by Crippen LogP contribution is 2.53. The standard InChI is InChI=1S/C28H32FN3O2S/c1-28-11-3-4-17(12-16-5-6-16)21(13-18-7-9-20(33)15-22(18)28)25(28)32(2)27(34)31-26-30-23-14-19(29)8-10-24(23)35-26/h7-10,14-17,21,25,33H,3-6,11-13H2,1-2H3,(H,30,31,34)/t17?,21-,25+,28-/m0/s1. The number of likely N-dealkylation sites (N-methyl/N-ethyl adjacent to an activating group) is 1. The second-order valence-corrected chi connectivity index (χ2v) is 12.1. The molecular weight excluding hydrogens is 461 g/mol. The average molecular weight is 494 g/mol. The van der Waals surface area contributed by atoms with Gasteiger partial charge < -0.3 is 10.0 Å². The van der Waals surface area contributed by atoms with E-state index < -0.39 is 0 Å². The lowest BCUT2D eigenvalue weighted by molar-refractivity contribution is 0.0852. The van der Waals surface area contributed by atoms with Gasteiger partial charge in [-0.25, -0.2) is 14.2 Å². The Morgan fingerprint density at radius 2 is 2.09 bits per heavy atom. The number of benzene rings is 2. The minimum absolute atomic E-state index is 0.0230. The Morgan fingerprint density at radius 3 is 2.89 bits per heavy atom. The molecule has 6 rings (SSSR count). The van der Waals surface area contributed by atoms with E-state index in [1.807, 2.05) is 18.0 Å². The van der Waals surface area contributed by atoms with E-state index in [2.05, 4.69) is 23.3 Å². The maximum absolute atomic E-state index is 13.6. The molecule has 1 unspecified atom stereocenters. The highest BCUT2D eigenvalue weighted by atomic mass is 32.1. The molecule has 0 radical (unpaired) electrons. The lowest BCUT2D eigenvalue weighted by atomic mass is 9.60. The number of nitrogens with one attached hydrogen (secondary N) is 1. The van der Waals surface area contributed by atoms with Gasteiger partial charge in [-0.2, -0.15) is 0 Å². The summed E-state index contributed by atoms with van der Waals surface area (Å²) in [5, 5.41) is 13.8. The molecule has 1 aromatic heterocycles. The number of aromatic nitrogens is 1. The van der Waals surface area contributed by atoms with E-state index in [0.717, 1.165) is 29.9 Å². The van der Waals surface area contributed by atoms with Crippen molar-refractivity contribution in [3.8, 4) is 5.75 Å². The van der Waals surface area contributed by atoms with Gasteiger partial charge in [0.05, 0.1) is 10.2 Å². The van der Waals surface area contributed by atoms with Gasteiger partial charge in [-0.3, -0.25) is 5.32 Å². The van der Waals surface area contributed by atoms with Crippen molar-refractivity contribution < 1.29 is 14.3 Å². The first-order valence-corrected chi connectivity index (χ1v) is 13.6. The molecule has 7 heteroatoms. The summed E-state index contributed by atoms with van der Waals surface area (Å²) >= 11 is 1.36. The van der Waals surface area contributed by atoms with Crippen molar-refractivity contribution in [3.05, 3.63) is 53.3 Å². The SMILES string of the molecule is CN(C(=O)Nc1nc2cc(F)ccc2s1)[C@@H]1[C@H]2Cc3ccc(O)cc3[C@]1(C)CCCC2CC1CC1. The molecule has 3 aromatic rings. The zero-order chi connectivity index (χ0) is 24.3. The Bertz CT molecular complexity index is 1290. The van der Waals surface area contributed by atoms with E-state index in [9.17, 15) is 14.3 Å². The molecule has 2 fully saturated rings. The first-order chi connectivity index (χ1) is 16.8. The van der Waals surface area contributed by atoms with Crippen molar-refractivity contribution in [2.45, 2.75) is 63.3 Å². The number of aromatic hydroxyl groups is 1. The Hall–Kier alpha value is -2.67. The van der Waals surface area contributed by atoms with Crippen LogP contribution in [0.25, 0.3) is 10.2 Å². The number of rotatable bonds is 4. The fourth-order valence-electron chi connectivity index (χ4n) is 6.97. The molecule has 184 valence electrons. The quantitative estimate of drug-likeness (QED) is 0.425. The van der Waals surface area contributed by atoms with E-state index in [1.165, 1.54) is 60.3 Å². The minimum Gasteiger partial charge on any atom is -0.508 e. The van der Waals surface area contributed by atoms with Crippen LogP contribution >= 0.6 is 11.3 Å². The predicted molar refractivity (Wildman–Crippen MR) is 137 cm³/mol. The van der Waals surface area contributed by atoms with Crippen LogP contribution in [-0.4, -0.2) is 34.1 Å². The highest BCUT2D eigenvalue weighted by molar-refractivity contribution is 7.22. The van der Waals surface area contributed by atoms with E-state index in [4.69, 9.17) is 0 Å². The van der Waals surface area contributed by atoms with E-state index in [-0.39, 0.29) is 29.1 Å². The van der Waals surface area contributed by atoms with Gasteiger partial charge in [0.15, 0.2) is 5.13 Å². The molecule has 3 aliphatic rings. The molecule has 2 aromatic carbocycles. The van der Waals surface area contributed by atoms with Crippen LogP contribution in [0.2, 0.25) is 0 Å². The number of hydrogen-bond acceptors (Lipinski definition) is 4. The number of halogens is 1. The van der Waals surface area contributed by atoms with Gasteiger partial charge in [0.2, 0.25) is 0 Å². The topological polar surface area (TPSA) is 65.5 Å². The largest absolute Gasteiger partial charge is 0.508 e. The number of nitrogens with zero attached hydrogens (tertiary/aromatic N) is 2. The fraction of sp³-hybridized carbons (Fsp3) is 0.500. The lowest BCUT2D eigenvalue weighted by Gasteiger charge is -2.51. The number of amides is 2. The molecule has 4 atom stereocenters. The molecule has 0 spiro atoms. The van der Waals surface area contributed by atoms with Crippen LogP contribution in [0.3, 0.4) is 0 Å². The molecule has 2 saturated carbocycles. The Balaban J connectivity index is 1.34. The third kappa shape index (κ3) is 4.07. The van der Waals surface area contributed by atoms with E-state index in [1.54, 1.807) is 12.1 Å². The van der Waals surface area contributed by atoms with Gasteiger partial charge >= 0.3 is 6.03 Å². The van der Waals surface area contributed by atoms with Gasteiger partial charge in [-0.1, -0.05) is 50.0 Å². The van der Waals surface area contributed by atoms with Gasteiger partial charge in [0.25, 0.3) is 0 Å². The average Bonchev–Trinajstić information content (AvgIpc) is 3.57. The number of hydrogen-bond donors (Lipinski definition) is 2. The van der Waals surface area contributed by atoms with Gasteiger partial charge in [-0.15, -0.1) is 0 Å². The van der Waals surface area contributed by atoms with Crippen LogP contribution in [0.4, 0.5) is 14.3 Å². The Kier molecular flexibility index (Phi) is 5.51. The summed E-state index contributed by atoms with van der Waals surface area (Å²) in [7, 11) is 1.91. The second kappa shape index (κ2) is 8.47. The number of carbonyl (C=O) groups is 1. The smallest absolute Gasteiger partial charge is 0.323 e. The Morgan fingerprint density at radius 1 is 1.26 bits per heavy atom. The van der Waals surface area contributed by atoms with Gasteiger partial charge in [0, 0.05) is 24.6 Å². The predicted octanol–water partition coefficient (Wildman–Crippen LogP) is 6.70. The van der Waals surface area contributed by atoms with Crippen LogP contribution in [0.1, 0.15) is 56.6 Å². The number of phenolic OH excluding ortho intramolecular Hbond substituents is 1. The fourth-order valence-corrected chi connectivity index (χ4v) is 7.81. The molecule has 2 bridgehead atoms. The first-order valence-electron chi connectivity index (χ1n) is 12.7. The third-order valence-electron chi connectivity index (χ3n) is 8.73. The molecule has 35 heavy (non-hydrogen) atoms. The number of thiazole rings is 1. The molecule has 1 heterocycles. The van der Waals surface area contributed by atoms with Crippen LogP contribution in [-0.2, 0) is 11.8 Å². The Labute approximate surface area is 209 Å². The molecule has 3 aliphatic carbocycles. The van der Waals surface area contributed by atoms with Gasteiger partial charge in [-0.05, 0) is 72.4 Å². The van der Waals surface area contributed by atoms with Crippen molar-refractivity contribution in [2.75, 3.05) is 12.4 Å². The number of carbonyl (C=O) groups excluding carboxylic acids is 1. The summed E-state index contributed by atoms with van der Waals surface area (Å²) < 4.78 is 14.5. The number of anilines is 1. The summed E-state index contributed by atoms with van der Waals surface area (Å²) in [6.07, 6.45) is 8.19. The summed E-state index contributed by atoms with van der Waals surface area (Å²) in [6.45, 7) is 2.28. The first kappa shape index (κ1) is 22.8. The van der Waals surface area contributed by atoms with Crippen LogP contribution in [0, 0.1) is 23.6 Å².